The smallest absolute Gasteiger partial charge is 0.411 e. The molecule has 8 heteroatoms. The van der Waals surface area contributed by atoms with Gasteiger partial charge in [-0.1, -0.05) is 26.0 Å². The fraction of sp³-hybridized carbons (Fsp3) is 0.250. The van der Waals surface area contributed by atoms with Crippen molar-refractivity contribution in [2.24, 2.45) is 5.92 Å². The van der Waals surface area contributed by atoms with E-state index in [1.165, 1.54) is 11.3 Å². The quantitative estimate of drug-likeness (QED) is 0.546. The van der Waals surface area contributed by atoms with E-state index in [4.69, 9.17) is 4.74 Å². The maximum atomic E-state index is 12.7. The number of anilines is 2. The zero-order chi connectivity index (χ0) is 20.1. The highest BCUT2D eigenvalue weighted by atomic mass is 32.1. The molecule has 0 atom stereocenters. The topological polar surface area (TPSA) is 80.3 Å². The first kappa shape index (κ1) is 20.0. The molecular formula is C20H21N3O3S2. The minimum absolute atomic E-state index is 0.225. The maximum Gasteiger partial charge on any atom is 0.411 e. The summed E-state index contributed by atoms with van der Waals surface area (Å²) in [6.45, 7) is 6.11. The lowest BCUT2D eigenvalue weighted by atomic mass is 10.2. The van der Waals surface area contributed by atoms with E-state index in [1.54, 1.807) is 35.6 Å². The Bertz CT molecular complexity index is 965. The van der Waals surface area contributed by atoms with Gasteiger partial charge in [-0.15, -0.1) is 22.7 Å². The number of thiophene rings is 1. The second-order valence-corrected chi connectivity index (χ2v) is 8.51. The third-order valence-electron chi connectivity index (χ3n) is 3.65. The number of thiazole rings is 1. The number of nitrogens with zero attached hydrogens (tertiary/aromatic N) is 1. The summed E-state index contributed by atoms with van der Waals surface area (Å²) in [6, 6.07) is 10.9. The number of amides is 2. The number of aromatic nitrogens is 1. The molecule has 2 N–H and O–H groups in total. The lowest BCUT2D eigenvalue weighted by Crippen LogP contribution is -2.17. The van der Waals surface area contributed by atoms with Gasteiger partial charge >= 0.3 is 6.09 Å². The number of benzene rings is 1. The largest absolute Gasteiger partial charge is 0.449 e. The molecule has 0 saturated heterocycles. The number of rotatable bonds is 6. The highest BCUT2D eigenvalue weighted by Crippen LogP contribution is 2.31. The van der Waals surface area contributed by atoms with E-state index < -0.39 is 6.09 Å². The van der Waals surface area contributed by atoms with Crippen LogP contribution in [-0.2, 0) is 4.74 Å². The summed E-state index contributed by atoms with van der Waals surface area (Å²) in [6.07, 6.45) is -0.518. The lowest BCUT2D eigenvalue weighted by molar-refractivity contribution is 0.102. The van der Waals surface area contributed by atoms with Gasteiger partial charge in [0, 0.05) is 11.4 Å². The molecule has 3 aromatic rings. The van der Waals surface area contributed by atoms with Gasteiger partial charge in [-0.05, 0) is 42.5 Å². The number of carbonyl (C=O) groups excluding carboxylic acids is 2. The van der Waals surface area contributed by atoms with Crippen LogP contribution in [-0.4, -0.2) is 23.6 Å². The van der Waals surface area contributed by atoms with Crippen molar-refractivity contribution in [3.63, 3.8) is 0 Å². The number of aryl methyl sites for hydroxylation is 1. The average Bonchev–Trinajstić information content (AvgIpc) is 3.29. The van der Waals surface area contributed by atoms with Crippen molar-refractivity contribution in [3.8, 4) is 9.88 Å². The van der Waals surface area contributed by atoms with Crippen molar-refractivity contribution >= 4 is 46.0 Å². The first-order chi connectivity index (χ1) is 13.4. The molecule has 0 aliphatic heterocycles. The minimum atomic E-state index is -0.518. The number of ether oxygens (including phenoxy) is 1. The van der Waals surface area contributed by atoms with Crippen LogP contribution < -0.4 is 10.6 Å². The van der Waals surface area contributed by atoms with E-state index in [-0.39, 0.29) is 11.8 Å². The molecule has 0 unspecified atom stereocenters. The molecule has 0 bridgehead atoms. The van der Waals surface area contributed by atoms with Crippen molar-refractivity contribution in [3.05, 3.63) is 52.3 Å². The van der Waals surface area contributed by atoms with Crippen LogP contribution in [0.5, 0.6) is 0 Å². The van der Waals surface area contributed by atoms with E-state index in [1.807, 2.05) is 38.3 Å². The molecule has 2 aromatic heterocycles. The Morgan fingerprint density at radius 1 is 1.14 bits per heavy atom. The third kappa shape index (κ3) is 5.17. The number of carbonyl (C=O) groups is 2. The molecule has 6 nitrogen and oxygen atoms in total. The number of nitrogens with one attached hydrogen (secondary N) is 2. The first-order valence-electron chi connectivity index (χ1n) is 8.79. The molecular weight excluding hydrogens is 394 g/mol. The summed E-state index contributed by atoms with van der Waals surface area (Å²) < 4.78 is 5.11. The molecule has 146 valence electrons. The van der Waals surface area contributed by atoms with Gasteiger partial charge in [0.15, 0.2) is 0 Å². The van der Waals surface area contributed by atoms with E-state index in [2.05, 4.69) is 15.6 Å². The molecule has 2 heterocycles. The normalized spacial score (nSPS) is 10.7. The van der Waals surface area contributed by atoms with Gasteiger partial charge in [-0.25, -0.2) is 9.78 Å². The third-order valence-corrected chi connectivity index (χ3v) is 5.84. The van der Waals surface area contributed by atoms with Crippen molar-refractivity contribution < 1.29 is 14.3 Å². The van der Waals surface area contributed by atoms with Crippen molar-refractivity contribution in [1.82, 2.24) is 4.98 Å². The summed E-state index contributed by atoms with van der Waals surface area (Å²) in [5.41, 5.74) is 1.82. The number of hydrogen-bond acceptors (Lipinski definition) is 6. The molecule has 1 aromatic carbocycles. The second kappa shape index (κ2) is 8.99. The second-order valence-electron chi connectivity index (χ2n) is 6.56. The lowest BCUT2D eigenvalue weighted by Gasteiger charge is -2.10. The van der Waals surface area contributed by atoms with Gasteiger partial charge in [0.2, 0.25) is 0 Å². The number of hydrogen-bond donors (Lipinski definition) is 2. The van der Waals surface area contributed by atoms with Gasteiger partial charge < -0.3 is 10.1 Å². The fourth-order valence-corrected chi connectivity index (χ4v) is 4.13. The zero-order valence-electron chi connectivity index (χ0n) is 15.8. The van der Waals surface area contributed by atoms with Gasteiger partial charge in [-0.2, -0.15) is 0 Å². The van der Waals surface area contributed by atoms with Crippen LogP contribution in [0.2, 0.25) is 0 Å². The molecule has 0 aliphatic carbocycles. The Labute approximate surface area is 171 Å². The van der Waals surface area contributed by atoms with Crippen molar-refractivity contribution in [1.29, 1.82) is 0 Å². The van der Waals surface area contributed by atoms with Crippen molar-refractivity contribution in [2.45, 2.75) is 20.8 Å². The summed E-state index contributed by atoms with van der Waals surface area (Å²) in [7, 11) is 0. The molecule has 0 radical (unpaired) electrons. The van der Waals surface area contributed by atoms with Crippen LogP contribution in [0.3, 0.4) is 0 Å². The Kier molecular flexibility index (Phi) is 6.43. The maximum absolute atomic E-state index is 12.7. The molecule has 0 fully saturated rings. The highest BCUT2D eigenvalue weighted by molar-refractivity contribution is 7.22. The van der Waals surface area contributed by atoms with Crippen LogP contribution in [0, 0.1) is 12.8 Å². The van der Waals surface area contributed by atoms with Gasteiger partial charge in [0.25, 0.3) is 5.91 Å². The Morgan fingerprint density at radius 3 is 2.57 bits per heavy atom. The molecule has 2 amide bonds. The minimum Gasteiger partial charge on any atom is -0.449 e. The standard InChI is InChI=1S/C20H21N3O3S2/c1-12(2)11-26-20(25)23-15-7-4-6-14(10-15)22-18(24)17-13(3)21-19(28-17)16-8-5-9-27-16/h4-10,12H,11H2,1-3H3,(H,22,24)(H,23,25). The molecule has 0 saturated carbocycles. The zero-order valence-corrected chi connectivity index (χ0v) is 17.4. The Morgan fingerprint density at radius 2 is 1.89 bits per heavy atom. The van der Waals surface area contributed by atoms with Crippen LogP contribution in [0.25, 0.3) is 9.88 Å². The van der Waals surface area contributed by atoms with Crippen molar-refractivity contribution in [2.75, 3.05) is 17.2 Å². The van der Waals surface area contributed by atoms with E-state index >= 15 is 0 Å². The SMILES string of the molecule is Cc1nc(-c2cccs2)sc1C(=O)Nc1cccc(NC(=O)OCC(C)C)c1. The van der Waals surface area contributed by atoms with E-state index in [0.29, 0.717) is 28.6 Å². The summed E-state index contributed by atoms with van der Waals surface area (Å²) in [4.78, 5) is 30.6. The summed E-state index contributed by atoms with van der Waals surface area (Å²) in [5.74, 6) is 0.0374. The van der Waals surface area contributed by atoms with Crippen LogP contribution >= 0.6 is 22.7 Å². The van der Waals surface area contributed by atoms with Gasteiger partial charge in [0.1, 0.15) is 9.88 Å². The fourth-order valence-electron chi connectivity index (χ4n) is 2.37. The molecule has 0 spiro atoms. The van der Waals surface area contributed by atoms with Crippen LogP contribution in [0.1, 0.15) is 29.2 Å². The van der Waals surface area contributed by atoms with Crippen LogP contribution in [0.15, 0.2) is 41.8 Å². The first-order valence-corrected chi connectivity index (χ1v) is 10.5. The Hall–Kier alpha value is -2.71. The van der Waals surface area contributed by atoms with E-state index in [9.17, 15) is 9.59 Å². The molecule has 28 heavy (non-hydrogen) atoms. The summed E-state index contributed by atoms with van der Waals surface area (Å²) in [5, 5.41) is 8.35. The van der Waals surface area contributed by atoms with Crippen LogP contribution in [0.4, 0.5) is 16.2 Å². The van der Waals surface area contributed by atoms with E-state index in [0.717, 1.165) is 9.88 Å². The predicted molar refractivity (Wildman–Crippen MR) is 114 cm³/mol. The highest BCUT2D eigenvalue weighted by Gasteiger charge is 2.17. The molecule has 3 rings (SSSR count). The monoisotopic (exact) mass is 415 g/mol. The average molecular weight is 416 g/mol. The Balaban J connectivity index is 1.67. The summed E-state index contributed by atoms with van der Waals surface area (Å²) >= 11 is 2.96. The predicted octanol–water partition coefficient (Wildman–Crippen LogP) is 5.64. The molecule has 0 aliphatic rings. The van der Waals surface area contributed by atoms with Gasteiger partial charge in [-0.3, -0.25) is 10.1 Å². The van der Waals surface area contributed by atoms with Gasteiger partial charge in [0.05, 0.1) is 17.2 Å².